The van der Waals surface area contributed by atoms with E-state index >= 15 is 0 Å². The van der Waals surface area contributed by atoms with E-state index < -0.39 is 27.5 Å². The molecule has 0 unspecified atom stereocenters. The number of ether oxygens (including phenoxy) is 1. The molecule has 0 spiro atoms. The molecule has 36 heavy (non-hydrogen) atoms. The average molecular weight is 534 g/mol. The summed E-state index contributed by atoms with van der Waals surface area (Å²) in [4.78, 5) is -0.914. The summed E-state index contributed by atoms with van der Waals surface area (Å²) in [6.07, 6.45) is 0. The summed E-state index contributed by atoms with van der Waals surface area (Å²) >= 11 is 0. The van der Waals surface area contributed by atoms with Crippen molar-refractivity contribution in [3.63, 3.8) is 0 Å². The Labute approximate surface area is 206 Å². The van der Waals surface area contributed by atoms with Gasteiger partial charge in [-0.2, -0.15) is 13.2 Å². The van der Waals surface area contributed by atoms with Crippen molar-refractivity contribution in [1.82, 2.24) is 0 Å². The van der Waals surface area contributed by atoms with E-state index in [0.29, 0.717) is 22.6 Å². The highest BCUT2D eigenvalue weighted by atomic mass is 32.2. The number of rotatable bonds is 7. The van der Waals surface area contributed by atoms with Gasteiger partial charge in [-0.3, -0.25) is 4.57 Å². The Morgan fingerprint density at radius 1 is 0.833 bits per heavy atom. The Morgan fingerprint density at radius 3 is 1.83 bits per heavy atom. The minimum Gasteiger partial charge on any atom is -0.456 e. The summed E-state index contributed by atoms with van der Waals surface area (Å²) in [7, 11) is -9.08. The second-order valence-electron chi connectivity index (χ2n) is 7.83. The molecule has 3 aromatic rings. The van der Waals surface area contributed by atoms with Crippen LogP contribution in [0.5, 0.6) is 0 Å². The first-order chi connectivity index (χ1) is 17.0. The van der Waals surface area contributed by atoms with Crippen LogP contribution in [0.4, 0.5) is 24.5 Å². The van der Waals surface area contributed by atoms with Crippen molar-refractivity contribution in [3.8, 4) is 0 Å². The van der Waals surface area contributed by atoms with Gasteiger partial charge in [0.25, 0.3) is 9.84 Å². The van der Waals surface area contributed by atoms with Crippen molar-refractivity contribution in [3.05, 3.63) is 102 Å². The molecule has 4 rings (SSSR count). The first kappa shape index (κ1) is 25.6. The maximum atomic E-state index is 14.1. The van der Waals surface area contributed by atoms with Crippen LogP contribution in [-0.2, 0) is 19.1 Å². The number of anilines is 2. The highest BCUT2D eigenvalue weighted by Crippen LogP contribution is 2.57. The molecule has 188 valence electrons. The maximum Gasteiger partial charge on any atom is 0.501 e. The van der Waals surface area contributed by atoms with Gasteiger partial charge < -0.3 is 15.1 Å². The zero-order valence-corrected chi connectivity index (χ0v) is 20.7. The molecule has 0 bridgehead atoms. The van der Waals surface area contributed by atoms with E-state index in [4.69, 9.17) is 4.74 Å². The van der Waals surface area contributed by atoms with Crippen LogP contribution in [0.15, 0.2) is 95.4 Å². The first-order valence-electron chi connectivity index (χ1n) is 10.8. The standard InChI is InChI=1S/C25H22F3N2O4PS/c1-2-29-22-15-20(36(32,33)25(26,27)28)13-14-21(22)30-35(31)16-23(18-9-5-3-6-10-18)34-24(17-35)19-11-7-4-8-12-19/h3-17,29H,2H2,1H3,(H,30,31). The molecule has 0 atom stereocenters. The molecule has 11 heteroatoms. The Bertz CT molecular complexity index is 1410. The van der Waals surface area contributed by atoms with Crippen LogP contribution in [0.2, 0.25) is 0 Å². The lowest BCUT2D eigenvalue weighted by Crippen LogP contribution is -2.23. The number of sulfone groups is 1. The monoisotopic (exact) mass is 534 g/mol. The lowest BCUT2D eigenvalue weighted by Gasteiger charge is -2.25. The van der Waals surface area contributed by atoms with Gasteiger partial charge in [0, 0.05) is 29.3 Å². The average Bonchev–Trinajstić information content (AvgIpc) is 2.85. The molecule has 0 amide bonds. The number of halogens is 3. The zero-order valence-electron chi connectivity index (χ0n) is 19.0. The predicted octanol–water partition coefficient (Wildman–Crippen LogP) is 7.13. The summed E-state index contributed by atoms with van der Waals surface area (Å²) in [5, 5.41) is 5.76. The van der Waals surface area contributed by atoms with Gasteiger partial charge in [-0.1, -0.05) is 60.7 Å². The van der Waals surface area contributed by atoms with Crippen LogP contribution < -0.4 is 10.4 Å². The smallest absolute Gasteiger partial charge is 0.456 e. The third kappa shape index (κ3) is 5.34. The van der Waals surface area contributed by atoms with Crippen LogP contribution in [0, 0.1) is 0 Å². The highest BCUT2D eigenvalue weighted by molar-refractivity contribution is 7.92. The van der Waals surface area contributed by atoms with Gasteiger partial charge in [0.2, 0.25) is 7.29 Å². The fourth-order valence-corrected chi connectivity index (χ4v) is 6.20. The molecule has 6 nitrogen and oxygen atoms in total. The molecule has 1 aliphatic rings. The lowest BCUT2D eigenvalue weighted by atomic mass is 10.2. The van der Waals surface area contributed by atoms with Gasteiger partial charge in [0.1, 0.15) is 11.5 Å². The summed E-state index contributed by atoms with van der Waals surface area (Å²) in [5.41, 5.74) is -3.84. The van der Waals surface area contributed by atoms with Crippen molar-refractivity contribution in [2.75, 3.05) is 16.9 Å². The molecular formula is C25H22F3N2O4PS. The molecule has 0 aliphatic carbocycles. The van der Waals surface area contributed by atoms with Gasteiger partial charge in [-0.05, 0) is 25.1 Å². The van der Waals surface area contributed by atoms with Crippen LogP contribution in [0.25, 0.3) is 11.5 Å². The van der Waals surface area contributed by atoms with Gasteiger partial charge in [-0.15, -0.1) is 0 Å². The molecule has 1 heterocycles. The SMILES string of the molecule is CCNc1cc(S(=O)(=O)C(F)(F)F)ccc1NP1(=O)C=C(c2ccccc2)OC(c2ccccc2)=C1. The topological polar surface area (TPSA) is 84.5 Å². The minimum atomic E-state index is -5.55. The minimum absolute atomic E-state index is 0.0638. The van der Waals surface area contributed by atoms with Crippen molar-refractivity contribution in [1.29, 1.82) is 0 Å². The van der Waals surface area contributed by atoms with E-state index in [2.05, 4.69) is 10.4 Å². The van der Waals surface area contributed by atoms with E-state index in [1.54, 1.807) is 31.2 Å². The summed E-state index contributed by atoms with van der Waals surface area (Å²) in [6, 6.07) is 21.0. The molecule has 0 saturated carbocycles. The second-order valence-corrected chi connectivity index (χ2v) is 11.9. The fourth-order valence-electron chi connectivity index (χ4n) is 3.54. The predicted molar refractivity (Wildman–Crippen MR) is 135 cm³/mol. The number of hydrogen-bond donors (Lipinski definition) is 2. The number of alkyl halides is 3. The second kappa shape index (κ2) is 9.87. The van der Waals surface area contributed by atoms with Crippen LogP contribution in [-0.4, -0.2) is 20.5 Å². The molecule has 2 N–H and O–H groups in total. The maximum absolute atomic E-state index is 14.1. The third-order valence-electron chi connectivity index (χ3n) is 5.22. The van der Waals surface area contributed by atoms with E-state index in [0.717, 1.165) is 18.2 Å². The van der Waals surface area contributed by atoms with Crippen LogP contribution in [0.1, 0.15) is 18.1 Å². The Balaban J connectivity index is 1.79. The Hall–Kier alpha value is -3.49. The molecular weight excluding hydrogens is 512 g/mol. The van der Waals surface area contributed by atoms with Crippen molar-refractivity contribution in [2.45, 2.75) is 17.3 Å². The van der Waals surface area contributed by atoms with Gasteiger partial charge >= 0.3 is 5.51 Å². The zero-order chi connectivity index (χ0) is 26.0. The van der Waals surface area contributed by atoms with Crippen molar-refractivity contribution >= 4 is 40.0 Å². The molecule has 0 radical (unpaired) electrons. The number of benzene rings is 3. The van der Waals surface area contributed by atoms with E-state index in [1.165, 1.54) is 11.6 Å². The Kier molecular flexibility index (Phi) is 7.02. The van der Waals surface area contributed by atoms with Gasteiger partial charge in [0.15, 0.2) is 0 Å². The molecule has 0 saturated heterocycles. The molecule has 1 aliphatic heterocycles. The molecule has 3 aromatic carbocycles. The normalized spacial score (nSPS) is 15.3. The van der Waals surface area contributed by atoms with Crippen molar-refractivity contribution in [2.24, 2.45) is 0 Å². The molecule has 0 fully saturated rings. The highest BCUT2D eigenvalue weighted by Gasteiger charge is 2.47. The van der Waals surface area contributed by atoms with E-state index in [9.17, 15) is 26.2 Å². The summed E-state index contributed by atoms with van der Waals surface area (Å²) < 4.78 is 83.2. The molecule has 0 aromatic heterocycles. The summed E-state index contributed by atoms with van der Waals surface area (Å²) in [6.45, 7) is 1.99. The van der Waals surface area contributed by atoms with Crippen LogP contribution in [0.3, 0.4) is 0 Å². The van der Waals surface area contributed by atoms with E-state index in [-0.39, 0.29) is 17.9 Å². The third-order valence-corrected chi connectivity index (χ3v) is 8.53. The largest absolute Gasteiger partial charge is 0.501 e. The number of nitrogens with one attached hydrogen (secondary N) is 2. The Morgan fingerprint density at radius 2 is 1.36 bits per heavy atom. The number of hydrogen-bond acceptors (Lipinski definition) is 5. The van der Waals surface area contributed by atoms with Gasteiger partial charge in [0.05, 0.1) is 16.3 Å². The first-order valence-corrected chi connectivity index (χ1v) is 14.2. The lowest BCUT2D eigenvalue weighted by molar-refractivity contribution is -0.0436. The van der Waals surface area contributed by atoms with E-state index in [1.807, 2.05) is 36.4 Å². The fraction of sp³-hybridized carbons (Fsp3) is 0.120. The van der Waals surface area contributed by atoms with Crippen LogP contribution >= 0.6 is 7.29 Å². The summed E-state index contributed by atoms with van der Waals surface area (Å²) in [5.74, 6) is 3.55. The van der Waals surface area contributed by atoms with Gasteiger partial charge in [-0.25, -0.2) is 8.42 Å². The van der Waals surface area contributed by atoms with Crippen molar-refractivity contribution < 1.29 is 30.9 Å². The quantitative estimate of drug-likeness (QED) is 0.314.